The third-order valence-electron chi connectivity index (χ3n) is 16.4. The number of fused-ring (bicyclic) bond motifs is 2. The molecule has 304 valence electrons. The van der Waals surface area contributed by atoms with Crippen molar-refractivity contribution in [3.63, 3.8) is 0 Å². The molecule has 10 aliphatic rings. The van der Waals surface area contributed by atoms with Crippen LogP contribution in [0.5, 0.6) is 0 Å². The lowest BCUT2D eigenvalue weighted by Gasteiger charge is -2.59. The molecule has 2 nitrogen and oxygen atoms in total. The highest BCUT2D eigenvalue weighted by Crippen LogP contribution is 2.63. The number of nitrogens with one attached hydrogen (secondary N) is 1. The molecule has 0 radical (unpaired) electrons. The molecule has 0 amide bonds. The molecule has 0 bridgehead atoms. The third kappa shape index (κ3) is 7.43. The zero-order chi connectivity index (χ0) is 38.9. The van der Waals surface area contributed by atoms with E-state index in [-0.39, 0.29) is 11.5 Å². The third-order valence-corrected chi connectivity index (χ3v) is 16.4. The molecule has 9 atom stereocenters. The predicted octanol–water partition coefficient (Wildman–Crippen LogP) is 14.1. The summed E-state index contributed by atoms with van der Waals surface area (Å²) < 4.78 is 6.99. The predicted molar refractivity (Wildman–Crippen MR) is 243 cm³/mol. The molecular formula is C56H69NO. The summed E-state index contributed by atoms with van der Waals surface area (Å²) in [6.45, 7) is 4.82. The zero-order valence-corrected chi connectivity index (χ0v) is 35.3. The molecule has 58 heavy (non-hydrogen) atoms. The van der Waals surface area contributed by atoms with Crippen LogP contribution in [-0.2, 0) is 4.74 Å². The molecule has 2 fully saturated rings. The van der Waals surface area contributed by atoms with E-state index in [0.29, 0.717) is 47.6 Å². The van der Waals surface area contributed by atoms with Crippen LogP contribution in [0.3, 0.4) is 0 Å². The van der Waals surface area contributed by atoms with Crippen LogP contribution < -0.4 is 5.32 Å². The molecule has 2 aliphatic heterocycles. The standard InChI is InChI=1S/C56H69NO/c1-39-35-47(42-33-31-41(32-34-42)40-17-5-2-6-18-40)38-52(57-55(39)43-19-7-3-8-20-43)46-23-15-21-44(36-46)45-22-16-26-49(37-45)56(48-24-9-4-10-25-48)50-27-11-13-29-53(50)58-54-30-14-12-28-51(54)56/h2,5-6,9,11,16-17,21,24,26-27,30-31,33,35-37,40,43,45,48,50-53,55,57H,1,3-4,7-8,10,12-15,18-20,22-23,25,28-29,32,34,38H2. The van der Waals surface area contributed by atoms with Gasteiger partial charge in [0.15, 0.2) is 0 Å². The van der Waals surface area contributed by atoms with Crippen molar-refractivity contribution >= 4 is 0 Å². The molecule has 2 heterocycles. The van der Waals surface area contributed by atoms with Gasteiger partial charge < -0.3 is 10.1 Å². The molecule has 8 aliphatic carbocycles. The average molecular weight is 772 g/mol. The normalized spacial score (nSPS) is 37.8. The number of ether oxygens (including phenoxy) is 1. The van der Waals surface area contributed by atoms with Gasteiger partial charge in [-0.3, -0.25) is 0 Å². The fourth-order valence-corrected chi connectivity index (χ4v) is 13.5. The summed E-state index contributed by atoms with van der Waals surface area (Å²) in [5.74, 6) is 4.44. The van der Waals surface area contributed by atoms with Gasteiger partial charge in [-0.1, -0.05) is 134 Å². The first-order valence-electron chi connectivity index (χ1n) is 24.0. The number of allylic oxidation sites excluding steroid dienone is 20. The van der Waals surface area contributed by atoms with Crippen molar-refractivity contribution in [2.75, 3.05) is 0 Å². The van der Waals surface area contributed by atoms with Crippen LogP contribution in [0.15, 0.2) is 155 Å². The van der Waals surface area contributed by atoms with Gasteiger partial charge in [0.05, 0.1) is 5.76 Å². The van der Waals surface area contributed by atoms with Crippen molar-refractivity contribution in [2.45, 2.75) is 147 Å². The smallest absolute Gasteiger partial charge is 0.106 e. The molecule has 1 N–H and O–H groups in total. The van der Waals surface area contributed by atoms with Gasteiger partial charge in [-0.2, -0.15) is 0 Å². The van der Waals surface area contributed by atoms with E-state index in [4.69, 9.17) is 11.3 Å². The minimum Gasteiger partial charge on any atom is -0.494 e. The van der Waals surface area contributed by atoms with Crippen LogP contribution in [0.2, 0.25) is 0 Å². The summed E-state index contributed by atoms with van der Waals surface area (Å²) in [6.07, 6.45) is 67.4. The molecular weight excluding hydrogens is 703 g/mol. The minimum absolute atomic E-state index is 0.0576. The van der Waals surface area contributed by atoms with Crippen LogP contribution in [0.25, 0.3) is 0 Å². The van der Waals surface area contributed by atoms with Crippen molar-refractivity contribution in [1.82, 2.24) is 5.32 Å². The summed E-state index contributed by atoms with van der Waals surface area (Å²) in [5.41, 5.74) is 10.8. The molecule has 0 spiro atoms. The number of rotatable bonds is 7. The molecule has 1 saturated heterocycles. The number of hydrogen-bond acceptors (Lipinski definition) is 2. The van der Waals surface area contributed by atoms with Gasteiger partial charge >= 0.3 is 0 Å². The second-order valence-corrected chi connectivity index (χ2v) is 19.6. The summed E-state index contributed by atoms with van der Waals surface area (Å²) in [6, 6.07) is 0.710. The van der Waals surface area contributed by atoms with Gasteiger partial charge in [0, 0.05) is 41.2 Å². The quantitative estimate of drug-likeness (QED) is 0.260. The van der Waals surface area contributed by atoms with E-state index >= 15 is 0 Å². The maximum Gasteiger partial charge on any atom is 0.106 e. The van der Waals surface area contributed by atoms with E-state index in [1.165, 1.54) is 94.0 Å². The summed E-state index contributed by atoms with van der Waals surface area (Å²) in [5, 5.41) is 4.36. The Balaban J connectivity index is 0.980. The van der Waals surface area contributed by atoms with Crippen molar-refractivity contribution in [2.24, 2.45) is 40.9 Å². The van der Waals surface area contributed by atoms with E-state index in [9.17, 15) is 0 Å². The lowest BCUT2D eigenvalue weighted by molar-refractivity contribution is -0.0933. The molecule has 9 unspecified atom stereocenters. The Morgan fingerprint density at radius 3 is 2.43 bits per heavy atom. The Hall–Kier alpha value is -3.62. The van der Waals surface area contributed by atoms with Crippen LogP contribution >= 0.6 is 0 Å². The minimum atomic E-state index is 0.0576. The monoisotopic (exact) mass is 772 g/mol. The SMILES string of the molecule is C=C1C=C(C2=CC=C(C3C=CC=CC3)CC2)CC(C2=CC(C3C=C(C4(C5C=CCCC5)C5CCCC=C5OC5CCC=CC54)C=CC3)=CCC2)NC1C1CCCCC1. The summed E-state index contributed by atoms with van der Waals surface area (Å²) in [7, 11) is 0. The Kier molecular flexibility index (Phi) is 11.4. The topological polar surface area (TPSA) is 21.3 Å². The Labute approximate surface area is 350 Å². The molecule has 0 aromatic carbocycles. The maximum atomic E-state index is 6.99. The van der Waals surface area contributed by atoms with Gasteiger partial charge in [0.2, 0.25) is 0 Å². The largest absolute Gasteiger partial charge is 0.494 e. The second-order valence-electron chi connectivity index (χ2n) is 19.6. The zero-order valence-electron chi connectivity index (χ0n) is 35.3. The first kappa shape index (κ1) is 38.6. The lowest BCUT2D eigenvalue weighted by Crippen LogP contribution is -2.55. The molecule has 10 rings (SSSR count). The van der Waals surface area contributed by atoms with Gasteiger partial charge in [0.25, 0.3) is 0 Å². The summed E-state index contributed by atoms with van der Waals surface area (Å²) in [4.78, 5) is 0. The first-order chi connectivity index (χ1) is 28.6. The average Bonchev–Trinajstić information content (AvgIpc) is 3.48. The fraction of sp³-hybridized carbons (Fsp3) is 0.536. The van der Waals surface area contributed by atoms with Crippen molar-refractivity contribution < 1.29 is 4.74 Å². The van der Waals surface area contributed by atoms with Crippen LogP contribution in [0.1, 0.15) is 128 Å². The number of hydrogen-bond donors (Lipinski definition) is 1. The van der Waals surface area contributed by atoms with Crippen LogP contribution in [0.4, 0.5) is 0 Å². The van der Waals surface area contributed by atoms with Crippen LogP contribution in [-0.4, -0.2) is 18.2 Å². The lowest BCUT2D eigenvalue weighted by atomic mass is 9.48. The Morgan fingerprint density at radius 2 is 1.59 bits per heavy atom. The molecule has 0 aromatic rings. The van der Waals surface area contributed by atoms with Crippen LogP contribution in [0, 0.1) is 40.9 Å². The summed E-state index contributed by atoms with van der Waals surface area (Å²) >= 11 is 0. The van der Waals surface area contributed by atoms with E-state index in [2.05, 4.69) is 109 Å². The second kappa shape index (κ2) is 17.2. The van der Waals surface area contributed by atoms with Crippen molar-refractivity contribution in [3.05, 3.63) is 155 Å². The highest BCUT2D eigenvalue weighted by Gasteiger charge is 2.59. The highest BCUT2D eigenvalue weighted by atomic mass is 16.5. The first-order valence-corrected chi connectivity index (χ1v) is 24.0. The highest BCUT2D eigenvalue weighted by molar-refractivity contribution is 5.49. The van der Waals surface area contributed by atoms with E-state index in [1.54, 1.807) is 27.9 Å². The molecule has 1 saturated carbocycles. The van der Waals surface area contributed by atoms with Gasteiger partial charge in [0.1, 0.15) is 6.10 Å². The van der Waals surface area contributed by atoms with Crippen molar-refractivity contribution in [1.29, 1.82) is 0 Å². The van der Waals surface area contributed by atoms with Gasteiger partial charge in [-0.15, -0.1) is 0 Å². The van der Waals surface area contributed by atoms with E-state index < -0.39 is 0 Å². The molecule has 2 heteroatoms. The molecule has 0 aromatic heterocycles. The van der Waals surface area contributed by atoms with E-state index in [0.717, 1.165) is 51.4 Å². The fourth-order valence-electron chi connectivity index (χ4n) is 13.5. The van der Waals surface area contributed by atoms with Crippen molar-refractivity contribution in [3.8, 4) is 0 Å². The van der Waals surface area contributed by atoms with E-state index in [1.807, 2.05) is 0 Å². The Morgan fingerprint density at radius 1 is 0.690 bits per heavy atom. The van der Waals surface area contributed by atoms with Gasteiger partial charge in [-0.25, -0.2) is 0 Å². The Bertz CT molecular complexity index is 1970. The maximum absolute atomic E-state index is 6.99. The van der Waals surface area contributed by atoms with Gasteiger partial charge in [-0.05, 0) is 155 Å².